The lowest BCUT2D eigenvalue weighted by Gasteiger charge is -1.90. The van der Waals surface area contributed by atoms with Crippen LogP contribution in [0.15, 0.2) is 36.2 Å². The summed E-state index contributed by atoms with van der Waals surface area (Å²) in [6.07, 6.45) is 6.28. The van der Waals surface area contributed by atoms with E-state index in [9.17, 15) is 0 Å². The van der Waals surface area contributed by atoms with Crippen molar-refractivity contribution >= 4 is 0 Å². The van der Waals surface area contributed by atoms with Crippen LogP contribution >= 0.6 is 0 Å². The Hall–Kier alpha value is -1.18. The molecule has 0 aliphatic rings. The van der Waals surface area contributed by atoms with Gasteiger partial charge in [0.2, 0.25) is 0 Å². The van der Waals surface area contributed by atoms with E-state index in [0.29, 0.717) is 5.70 Å². The average Bonchev–Trinajstić information content (AvgIpc) is 1.85. The standard InChI is InChI=1S/C8H14N2/c1-3-4-8(10)6-5-7(2)9/h4-6H,2-3,9-10H2,1H3/b6-5-,8-4+. The van der Waals surface area contributed by atoms with Crippen LogP contribution in [0, 0.1) is 0 Å². The third kappa shape index (κ3) is 4.97. The smallest absolute Gasteiger partial charge is 0.0274 e. The Kier molecular flexibility index (Phi) is 4.12. The molecule has 0 unspecified atom stereocenters. The van der Waals surface area contributed by atoms with Gasteiger partial charge in [-0.25, -0.2) is 0 Å². The maximum Gasteiger partial charge on any atom is 0.0274 e. The summed E-state index contributed by atoms with van der Waals surface area (Å²) in [5.74, 6) is 0. The minimum Gasteiger partial charge on any atom is -0.399 e. The maximum absolute atomic E-state index is 5.51. The molecule has 0 bridgehead atoms. The summed E-state index contributed by atoms with van der Waals surface area (Å²) in [7, 11) is 0. The third-order valence-corrected chi connectivity index (χ3v) is 0.930. The van der Waals surface area contributed by atoms with E-state index in [0.717, 1.165) is 12.1 Å². The van der Waals surface area contributed by atoms with Gasteiger partial charge in [-0.15, -0.1) is 0 Å². The zero-order chi connectivity index (χ0) is 7.98. The molecule has 0 radical (unpaired) electrons. The van der Waals surface area contributed by atoms with Crippen LogP contribution in [-0.2, 0) is 0 Å². The van der Waals surface area contributed by atoms with Crippen molar-refractivity contribution in [3.8, 4) is 0 Å². The molecule has 0 aromatic rings. The quantitative estimate of drug-likeness (QED) is 0.577. The molecule has 0 aliphatic carbocycles. The second-order valence-corrected chi connectivity index (χ2v) is 2.02. The first-order chi connectivity index (χ1) is 4.66. The van der Waals surface area contributed by atoms with E-state index in [-0.39, 0.29) is 0 Å². The lowest BCUT2D eigenvalue weighted by Crippen LogP contribution is -1.94. The van der Waals surface area contributed by atoms with Crippen LogP contribution < -0.4 is 11.5 Å². The molecule has 0 fully saturated rings. The van der Waals surface area contributed by atoms with Gasteiger partial charge in [-0.05, 0) is 18.6 Å². The van der Waals surface area contributed by atoms with Crippen molar-refractivity contribution in [2.45, 2.75) is 13.3 Å². The molecule has 0 saturated heterocycles. The first-order valence-electron chi connectivity index (χ1n) is 3.25. The molecule has 0 aliphatic heterocycles. The molecular weight excluding hydrogens is 124 g/mol. The lowest BCUT2D eigenvalue weighted by molar-refractivity contribution is 1.18. The summed E-state index contributed by atoms with van der Waals surface area (Å²) in [5, 5.41) is 0. The van der Waals surface area contributed by atoms with Gasteiger partial charge in [-0.2, -0.15) is 0 Å². The molecule has 10 heavy (non-hydrogen) atoms. The highest BCUT2D eigenvalue weighted by molar-refractivity contribution is 5.21. The highest BCUT2D eigenvalue weighted by Crippen LogP contribution is 1.91. The summed E-state index contributed by atoms with van der Waals surface area (Å²) in [6, 6.07) is 0. The molecule has 0 aromatic heterocycles. The van der Waals surface area contributed by atoms with E-state index in [1.165, 1.54) is 0 Å². The molecule has 0 saturated carbocycles. The fraction of sp³-hybridized carbons (Fsp3) is 0.250. The van der Waals surface area contributed by atoms with Crippen molar-refractivity contribution in [1.82, 2.24) is 0 Å². The summed E-state index contributed by atoms with van der Waals surface area (Å²) >= 11 is 0. The highest BCUT2D eigenvalue weighted by atomic mass is 14.6. The van der Waals surface area contributed by atoms with E-state index in [4.69, 9.17) is 11.5 Å². The SMILES string of the molecule is C=C(N)/C=C\C(N)=C/CC. The molecular formula is C8H14N2. The van der Waals surface area contributed by atoms with Gasteiger partial charge in [-0.1, -0.05) is 19.6 Å². The number of rotatable bonds is 3. The van der Waals surface area contributed by atoms with Crippen LogP contribution in [0.25, 0.3) is 0 Å². The van der Waals surface area contributed by atoms with Gasteiger partial charge >= 0.3 is 0 Å². The van der Waals surface area contributed by atoms with Crippen molar-refractivity contribution in [2.24, 2.45) is 11.5 Å². The molecule has 56 valence electrons. The zero-order valence-electron chi connectivity index (χ0n) is 6.30. The van der Waals surface area contributed by atoms with E-state index >= 15 is 0 Å². The van der Waals surface area contributed by atoms with Crippen LogP contribution in [0.5, 0.6) is 0 Å². The fourth-order valence-electron chi connectivity index (χ4n) is 0.507. The van der Waals surface area contributed by atoms with Gasteiger partial charge in [0.1, 0.15) is 0 Å². The summed E-state index contributed by atoms with van der Waals surface area (Å²) in [5.41, 5.74) is 12.0. The summed E-state index contributed by atoms with van der Waals surface area (Å²) in [4.78, 5) is 0. The minimum atomic E-state index is 0.521. The van der Waals surface area contributed by atoms with Crippen molar-refractivity contribution in [2.75, 3.05) is 0 Å². The normalized spacial score (nSPS) is 12.3. The van der Waals surface area contributed by atoms with Crippen LogP contribution in [0.2, 0.25) is 0 Å². The van der Waals surface area contributed by atoms with Gasteiger partial charge in [0.25, 0.3) is 0 Å². The van der Waals surface area contributed by atoms with Gasteiger partial charge < -0.3 is 11.5 Å². The van der Waals surface area contributed by atoms with E-state index in [1.807, 2.05) is 13.0 Å². The topological polar surface area (TPSA) is 52.0 Å². The molecule has 2 nitrogen and oxygen atoms in total. The number of allylic oxidation sites excluding steroid dienone is 3. The molecule has 0 heterocycles. The Morgan fingerprint density at radius 1 is 1.40 bits per heavy atom. The number of hydrogen-bond acceptors (Lipinski definition) is 2. The molecule has 0 atom stereocenters. The van der Waals surface area contributed by atoms with Crippen molar-refractivity contribution in [1.29, 1.82) is 0 Å². The van der Waals surface area contributed by atoms with Gasteiger partial charge in [0.15, 0.2) is 0 Å². The summed E-state index contributed by atoms with van der Waals surface area (Å²) < 4.78 is 0. The van der Waals surface area contributed by atoms with Crippen LogP contribution in [-0.4, -0.2) is 0 Å². The van der Waals surface area contributed by atoms with Crippen molar-refractivity contribution in [3.05, 3.63) is 36.2 Å². The first kappa shape index (κ1) is 8.82. The molecule has 2 heteroatoms. The monoisotopic (exact) mass is 138 g/mol. The van der Waals surface area contributed by atoms with Crippen LogP contribution in [0.3, 0.4) is 0 Å². The highest BCUT2D eigenvalue weighted by Gasteiger charge is 1.78. The number of hydrogen-bond donors (Lipinski definition) is 2. The Bertz CT molecular complexity index is 166. The zero-order valence-corrected chi connectivity index (χ0v) is 6.30. The predicted octanol–water partition coefficient (Wildman–Crippen LogP) is 1.27. The van der Waals surface area contributed by atoms with Gasteiger partial charge in [-0.3, -0.25) is 0 Å². The Balaban J connectivity index is 3.89. The maximum atomic E-state index is 5.51. The Morgan fingerprint density at radius 3 is 2.40 bits per heavy atom. The van der Waals surface area contributed by atoms with E-state index < -0.39 is 0 Å². The molecule has 4 N–H and O–H groups in total. The third-order valence-electron chi connectivity index (χ3n) is 0.930. The van der Waals surface area contributed by atoms with Gasteiger partial charge in [0.05, 0.1) is 0 Å². The van der Waals surface area contributed by atoms with E-state index in [1.54, 1.807) is 12.2 Å². The lowest BCUT2D eigenvalue weighted by atomic mass is 10.3. The van der Waals surface area contributed by atoms with Crippen LogP contribution in [0.4, 0.5) is 0 Å². The average molecular weight is 138 g/mol. The minimum absolute atomic E-state index is 0.521. The summed E-state index contributed by atoms with van der Waals surface area (Å²) in [6.45, 7) is 5.52. The second kappa shape index (κ2) is 4.68. The van der Waals surface area contributed by atoms with E-state index in [2.05, 4.69) is 6.58 Å². The predicted molar refractivity (Wildman–Crippen MR) is 45.0 cm³/mol. The number of nitrogens with two attached hydrogens (primary N) is 2. The molecule has 0 aromatic carbocycles. The van der Waals surface area contributed by atoms with Crippen molar-refractivity contribution < 1.29 is 0 Å². The Morgan fingerprint density at radius 2 is 2.00 bits per heavy atom. The second-order valence-electron chi connectivity index (χ2n) is 2.02. The molecule has 0 rings (SSSR count). The molecule has 0 spiro atoms. The first-order valence-corrected chi connectivity index (χ1v) is 3.25. The fourth-order valence-corrected chi connectivity index (χ4v) is 0.507. The van der Waals surface area contributed by atoms with Crippen molar-refractivity contribution in [3.63, 3.8) is 0 Å². The van der Waals surface area contributed by atoms with Crippen LogP contribution in [0.1, 0.15) is 13.3 Å². The van der Waals surface area contributed by atoms with Gasteiger partial charge in [0, 0.05) is 11.4 Å². The molecule has 0 amide bonds. The largest absolute Gasteiger partial charge is 0.399 e. The Labute approximate surface area is 61.9 Å².